The number of nitrogens with zero attached hydrogens (tertiary/aromatic N) is 3. The Morgan fingerprint density at radius 1 is 0.535 bits per heavy atom. The molecule has 0 amide bonds. The van der Waals surface area contributed by atoms with E-state index >= 15 is 0 Å². The third-order valence-electron chi connectivity index (χ3n) is 9.94. The molecule has 3 heterocycles. The monoisotopic (exact) mass is 1120 g/mol. The van der Waals surface area contributed by atoms with Crippen LogP contribution in [0.4, 0.5) is 13.2 Å². The molecule has 0 saturated carbocycles. The number of aromatic nitrogens is 3. The molecule has 0 atom stereocenters. The standard InChI is InChI=1S/C18H14FNO2S.C17H12FNO2S.C15H12FIO2.C3H3NS.Li.H2O/c1-11-3-4-15(16(19)5-11)12-6-13(17-9-20-10-23-17)8-14(7-12)18(21)22-2;1-10-2-3-14(15(18)4-10)11-5-12(16-8-19-9-22-16)7-13(6-11)17(20)21;1-9-3-4-13(14(16)5-9)10-6-11(15(18)19-2)8-12(17)7-10;1-2-5-3-4-1;;/h3-10H,1-2H3;2-9H,1H3,(H,20,21);3-8H,1-2H3;1-3H;;1H2/q;;;;+1;/p-1. The largest absolute Gasteiger partial charge is 1.00 e. The number of ether oxygens (including phenoxy) is 2. The van der Waals surface area contributed by atoms with Crippen molar-refractivity contribution in [1.82, 2.24) is 15.0 Å². The maximum Gasteiger partial charge on any atom is 1.00 e. The molecule has 9 aromatic rings. The summed E-state index contributed by atoms with van der Waals surface area (Å²) in [6.07, 6.45) is 5.15. The van der Waals surface area contributed by atoms with Crippen molar-refractivity contribution in [2.24, 2.45) is 0 Å². The molecule has 0 aliphatic rings. The number of halogens is 4. The van der Waals surface area contributed by atoms with Crippen molar-refractivity contribution in [3.63, 3.8) is 0 Å². The maximum atomic E-state index is 14.3. The number of esters is 2. The van der Waals surface area contributed by atoms with Gasteiger partial charge in [-0.25, -0.2) is 27.6 Å². The number of rotatable bonds is 8. The van der Waals surface area contributed by atoms with Crippen molar-refractivity contribution in [3.8, 4) is 54.3 Å². The number of hydrogen-bond donors (Lipinski definition) is 1. The summed E-state index contributed by atoms with van der Waals surface area (Å²) in [4.78, 5) is 48.4. The van der Waals surface area contributed by atoms with E-state index in [-0.39, 0.29) is 47.4 Å². The Kier molecular flexibility index (Phi) is 22.1. The number of carbonyl (C=O) groups is 3. The molecule has 2 N–H and O–H groups in total. The summed E-state index contributed by atoms with van der Waals surface area (Å²) in [6.45, 7) is 5.48. The van der Waals surface area contributed by atoms with Gasteiger partial charge in [0, 0.05) is 44.2 Å². The molecule has 71 heavy (non-hydrogen) atoms. The van der Waals surface area contributed by atoms with Gasteiger partial charge in [0.15, 0.2) is 0 Å². The van der Waals surface area contributed by atoms with E-state index in [2.05, 4.69) is 37.5 Å². The van der Waals surface area contributed by atoms with Gasteiger partial charge in [-0.3, -0.25) is 15.0 Å². The fraction of sp³-hybridized carbons (Fsp3) is 0.0943. The van der Waals surface area contributed by atoms with Gasteiger partial charge in [0.1, 0.15) is 17.5 Å². The third kappa shape index (κ3) is 15.8. The molecule has 10 nitrogen and oxygen atoms in total. The van der Waals surface area contributed by atoms with Crippen molar-refractivity contribution in [2.75, 3.05) is 14.2 Å². The summed E-state index contributed by atoms with van der Waals surface area (Å²) in [7, 11) is 2.65. The predicted octanol–water partition coefficient (Wildman–Crippen LogP) is 11.5. The van der Waals surface area contributed by atoms with Crippen LogP contribution in [-0.4, -0.2) is 57.7 Å². The number of carboxylic acids is 1. The van der Waals surface area contributed by atoms with Crippen LogP contribution in [0.15, 0.2) is 150 Å². The number of methoxy groups -OCH3 is 2. The van der Waals surface area contributed by atoms with Crippen molar-refractivity contribution < 1.29 is 66.5 Å². The van der Waals surface area contributed by atoms with E-state index in [1.54, 1.807) is 107 Å². The Morgan fingerprint density at radius 3 is 1.27 bits per heavy atom. The Bertz CT molecular complexity index is 3200. The van der Waals surface area contributed by atoms with Gasteiger partial charge in [-0.15, -0.1) is 34.0 Å². The van der Waals surface area contributed by atoms with Gasteiger partial charge in [0.05, 0.1) is 57.2 Å². The number of aryl methyl sites for hydroxylation is 3. The van der Waals surface area contributed by atoms with E-state index < -0.39 is 17.9 Å². The summed E-state index contributed by atoms with van der Waals surface area (Å²) in [5, 5.41) is 11.2. The first kappa shape index (κ1) is 57.3. The van der Waals surface area contributed by atoms with Crippen LogP contribution < -0.4 is 18.9 Å². The molecule has 6 aromatic carbocycles. The number of benzene rings is 6. The van der Waals surface area contributed by atoms with Gasteiger partial charge in [-0.05, 0) is 161 Å². The Morgan fingerprint density at radius 2 is 0.930 bits per heavy atom. The summed E-state index contributed by atoms with van der Waals surface area (Å²) >= 11 is 6.56. The van der Waals surface area contributed by atoms with Gasteiger partial charge in [-0.2, -0.15) is 0 Å². The molecule has 0 spiro atoms. The van der Waals surface area contributed by atoms with Crippen LogP contribution in [0.1, 0.15) is 47.8 Å². The van der Waals surface area contributed by atoms with E-state index in [1.165, 1.54) is 61.2 Å². The predicted molar refractivity (Wildman–Crippen MR) is 278 cm³/mol. The molecule has 0 aliphatic carbocycles. The Hall–Kier alpha value is -6.30. The summed E-state index contributed by atoms with van der Waals surface area (Å²) in [5.41, 5.74) is 13.3. The molecule has 0 saturated heterocycles. The van der Waals surface area contributed by atoms with E-state index in [0.29, 0.717) is 44.5 Å². The molecule has 358 valence electrons. The zero-order valence-electron chi connectivity index (χ0n) is 38.9. The first-order chi connectivity index (χ1) is 33.1. The van der Waals surface area contributed by atoms with Crippen molar-refractivity contribution >= 4 is 74.5 Å². The minimum atomic E-state index is -1.04. The van der Waals surface area contributed by atoms with E-state index in [0.717, 1.165) is 41.1 Å². The molecule has 3 aromatic heterocycles. The number of carboxylic acid groups (broad SMARTS) is 1. The SMILES string of the molecule is COC(=O)c1cc(-c2cncs2)cc(-c2ccc(C)cc2F)c1.COC(=O)c1cc(I)cc(-c2ccc(C)cc2F)c1.Cc1ccc(-c2cc(C(=O)O)cc(-c3cncs3)c2)c(F)c1.[Li+].[OH-].c1cscn1. The van der Waals surface area contributed by atoms with E-state index in [4.69, 9.17) is 9.47 Å². The van der Waals surface area contributed by atoms with Crippen LogP contribution in [0.25, 0.3) is 54.3 Å². The smallest absolute Gasteiger partial charge is 0.870 e. The first-order valence-corrected chi connectivity index (χ1v) is 24.3. The van der Waals surface area contributed by atoms with Crippen molar-refractivity contribution in [3.05, 3.63) is 204 Å². The quantitative estimate of drug-likeness (QED) is 0.0882. The second-order valence-electron chi connectivity index (χ2n) is 15.0. The summed E-state index contributed by atoms with van der Waals surface area (Å²) < 4.78 is 52.8. The summed E-state index contributed by atoms with van der Waals surface area (Å²) in [6, 6.07) is 30.3. The molecule has 0 radical (unpaired) electrons. The van der Waals surface area contributed by atoms with E-state index in [9.17, 15) is 32.7 Å². The molecule has 0 fully saturated rings. The van der Waals surface area contributed by atoms with Gasteiger partial charge in [0.25, 0.3) is 0 Å². The average Bonchev–Trinajstić information content (AvgIpc) is 4.18. The Balaban J connectivity index is 0.000000218. The zero-order chi connectivity index (χ0) is 49.6. The van der Waals surface area contributed by atoms with Gasteiger partial charge in [-0.1, -0.05) is 36.4 Å². The minimum absolute atomic E-state index is 0. The second-order valence-corrected chi connectivity index (χ2v) is 18.7. The number of hydrogen-bond acceptors (Lipinski definition) is 12. The van der Waals surface area contributed by atoms with Crippen LogP contribution in [-0.2, 0) is 9.47 Å². The number of thiazole rings is 3. The van der Waals surface area contributed by atoms with Crippen LogP contribution in [0.5, 0.6) is 0 Å². The normalized spacial score (nSPS) is 10.0. The minimum Gasteiger partial charge on any atom is -0.870 e. The summed E-state index contributed by atoms with van der Waals surface area (Å²) in [5.74, 6) is -2.89. The third-order valence-corrected chi connectivity index (χ3v) is 12.7. The molecule has 18 heteroatoms. The maximum absolute atomic E-state index is 14.3. The van der Waals surface area contributed by atoms with Crippen LogP contribution in [0, 0.1) is 41.8 Å². The zero-order valence-corrected chi connectivity index (χ0v) is 43.6. The average molecular weight is 1120 g/mol. The van der Waals surface area contributed by atoms with Gasteiger partial charge < -0.3 is 20.1 Å². The molecule has 9 rings (SSSR count). The first-order valence-electron chi connectivity index (χ1n) is 20.5. The molecular formula is C53H42F3ILiN3O7S3. The number of aromatic carboxylic acids is 1. The fourth-order valence-corrected chi connectivity index (χ4v) is 8.89. The Labute approximate surface area is 445 Å². The van der Waals surface area contributed by atoms with Crippen LogP contribution in [0.2, 0.25) is 0 Å². The molecule has 0 bridgehead atoms. The fourth-order valence-electron chi connectivity index (χ4n) is 6.65. The van der Waals surface area contributed by atoms with Gasteiger partial charge in [0.2, 0.25) is 0 Å². The molecular weight excluding hydrogens is 1080 g/mol. The van der Waals surface area contributed by atoms with Crippen molar-refractivity contribution in [1.29, 1.82) is 0 Å². The number of carbonyl (C=O) groups excluding carboxylic acids is 2. The van der Waals surface area contributed by atoms with Crippen molar-refractivity contribution in [2.45, 2.75) is 20.8 Å². The topological polar surface area (TPSA) is 159 Å². The molecule has 0 aliphatic heterocycles. The van der Waals surface area contributed by atoms with Crippen LogP contribution in [0.3, 0.4) is 0 Å². The molecule has 0 unspecified atom stereocenters. The second kappa shape index (κ2) is 27.3. The van der Waals surface area contributed by atoms with Gasteiger partial charge >= 0.3 is 36.8 Å². The van der Waals surface area contributed by atoms with Crippen LogP contribution >= 0.6 is 56.6 Å². The van der Waals surface area contributed by atoms with E-state index in [1.807, 2.05) is 50.4 Å².